The number of anilines is 2. The van der Waals surface area contributed by atoms with Gasteiger partial charge in [-0.2, -0.15) is 13.2 Å². The van der Waals surface area contributed by atoms with Crippen LogP contribution in [0.15, 0.2) is 30.5 Å². The summed E-state index contributed by atoms with van der Waals surface area (Å²) in [6, 6.07) is 6.43. The van der Waals surface area contributed by atoms with E-state index in [9.17, 15) is 18.0 Å². The molecule has 2 rings (SSSR count). The van der Waals surface area contributed by atoms with Gasteiger partial charge in [0.1, 0.15) is 5.56 Å². The maximum Gasteiger partial charge on any atom is 0.434 e. The Morgan fingerprint density at radius 3 is 2.74 bits per heavy atom. The Balaban J connectivity index is 2.41. The lowest BCUT2D eigenvalue weighted by Gasteiger charge is -2.12. The number of nitrogens with zero attached hydrogens (tertiary/aromatic N) is 2. The molecule has 0 aliphatic carbocycles. The summed E-state index contributed by atoms with van der Waals surface area (Å²) in [7, 11) is 0.972. The van der Waals surface area contributed by atoms with E-state index < -0.39 is 23.4 Å². The molecule has 0 aliphatic heterocycles. The third-order valence-electron chi connectivity index (χ3n) is 2.75. The first-order chi connectivity index (χ1) is 10.8. The number of nitrogens with one attached hydrogen (secondary N) is 1. The molecule has 118 valence electrons. The average Bonchev–Trinajstić information content (AvgIpc) is 2.53. The molecule has 1 heterocycles. The Morgan fingerprint density at radius 1 is 1.39 bits per heavy atom. The van der Waals surface area contributed by atoms with Gasteiger partial charge in [0.2, 0.25) is 5.95 Å². The lowest BCUT2D eigenvalue weighted by Crippen LogP contribution is -2.18. The van der Waals surface area contributed by atoms with Crippen molar-refractivity contribution in [2.24, 2.45) is 0 Å². The van der Waals surface area contributed by atoms with Gasteiger partial charge in [-0.3, -0.25) is 0 Å². The van der Waals surface area contributed by atoms with Crippen LogP contribution in [0.25, 0.3) is 0 Å². The van der Waals surface area contributed by atoms with Gasteiger partial charge >= 0.3 is 12.1 Å². The summed E-state index contributed by atoms with van der Waals surface area (Å²) < 4.78 is 43.4. The number of hydrogen-bond donors (Lipinski definition) is 1. The highest BCUT2D eigenvalue weighted by Gasteiger charge is 2.38. The standard InChI is InChI=1S/C15H10F3N3O2/c1-3-9-5-4-6-10(7-9)20-14-19-8-11(13(22)23-2)12(21-14)15(16,17)18/h1,4-8H,2H3,(H,19,20,21). The Labute approximate surface area is 129 Å². The van der Waals surface area contributed by atoms with Crippen LogP contribution in [0.2, 0.25) is 0 Å². The minimum absolute atomic E-state index is 0.320. The molecule has 1 aromatic carbocycles. The van der Waals surface area contributed by atoms with Crippen LogP contribution in [0.3, 0.4) is 0 Å². The number of carbonyl (C=O) groups excluding carboxylic acids is 1. The van der Waals surface area contributed by atoms with Crippen LogP contribution < -0.4 is 5.32 Å². The second-order valence-electron chi connectivity index (χ2n) is 4.30. The van der Waals surface area contributed by atoms with E-state index in [2.05, 4.69) is 25.9 Å². The first-order valence-corrected chi connectivity index (χ1v) is 6.21. The van der Waals surface area contributed by atoms with E-state index in [-0.39, 0.29) is 5.95 Å². The number of carbonyl (C=O) groups is 1. The molecule has 0 unspecified atom stereocenters. The molecule has 8 heteroatoms. The Bertz CT molecular complexity index is 782. The normalized spacial score (nSPS) is 10.7. The Hall–Kier alpha value is -3.08. The number of esters is 1. The van der Waals surface area contributed by atoms with E-state index in [1.807, 2.05) is 0 Å². The van der Waals surface area contributed by atoms with Gasteiger partial charge < -0.3 is 10.1 Å². The fraction of sp³-hybridized carbons (Fsp3) is 0.133. The average molecular weight is 321 g/mol. The van der Waals surface area contributed by atoms with Gasteiger partial charge in [-0.1, -0.05) is 12.0 Å². The molecule has 5 nitrogen and oxygen atoms in total. The van der Waals surface area contributed by atoms with E-state index >= 15 is 0 Å². The smallest absolute Gasteiger partial charge is 0.434 e. The first kappa shape index (κ1) is 16.3. The zero-order valence-electron chi connectivity index (χ0n) is 11.8. The van der Waals surface area contributed by atoms with Crippen molar-refractivity contribution < 1.29 is 22.7 Å². The van der Waals surface area contributed by atoms with Gasteiger partial charge in [0.15, 0.2) is 5.69 Å². The van der Waals surface area contributed by atoms with Gasteiger partial charge in [-0.15, -0.1) is 6.42 Å². The molecule has 0 aliphatic rings. The molecule has 23 heavy (non-hydrogen) atoms. The first-order valence-electron chi connectivity index (χ1n) is 6.21. The van der Waals surface area contributed by atoms with Crippen molar-refractivity contribution in [1.82, 2.24) is 9.97 Å². The van der Waals surface area contributed by atoms with Crippen LogP contribution in [-0.4, -0.2) is 23.0 Å². The van der Waals surface area contributed by atoms with Crippen LogP contribution in [0.1, 0.15) is 21.6 Å². The molecule has 0 bridgehead atoms. The Morgan fingerprint density at radius 2 is 2.13 bits per heavy atom. The minimum atomic E-state index is -4.83. The number of benzene rings is 1. The summed E-state index contributed by atoms with van der Waals surface area (Å²) in [4.78, 5) is 18.5. The van der Waals surface area contributed by atoms with Crippen molar-refractivity contribution in [2.75, 3.05) is 12.4 Å². The maximum absolute atomic E-state index is 13.0. The largest absolute Gasteiger partial charge is 0.465 e. The predicted octanol–water partition coefficient (Wildman–Crippen LogP) is 3.01. The molecule has 1 N–H and O–H groups in total. The lowest BCUT2D eigenvalue weighted by atomic mass is 10.2. The van der Waals surface area contributed by atoms with Crippen molar-refractivity contribution in [3.8, 4) is 12.3 Å². The molecule has 0 fully saturated rings. The van der Waals surface area contributed by atoms with Crippen molar-refractivity contribution >= 4 is 17.6 Å². The molecular formula is C15H10F3N3O2. The summed E-state index contributed by atoms with van der Waals surface area (Å²) >= 11 is 0. The number of halogens is 3. The molecule has 1 aromatic heterocycles. The minimum Gasteiger partial charge on any atom is -0.465 e. The quantitative estimate of drug-likeness (QED) is 0.695. The third kappa shape index (κ3) is 3.77. The van der Waals surface area contributed by atoms with E-state index in [1.165, 1.54) is 0 Å². The van der Waals surface area contributed by atoms with Gasteiger partial charge in [-0.05, 0) is 18.2 Å². The number of hydrogen-bond acceptors (Lipinski definition) is 5. The highest BCUT2D eigenvalue weighted by Crippen LogP contribution is 2.31. The fourth-order valence-electron chi connectivity index (χ4n) is 1.73. The highest BCUT2D eigenvalue weighted by atomic mass is 19.4. The van der Waals surface area contributed by atoms with Crippen molar-refractivity contribution in [3.05, 3.63) is 47.3 Å². The van der Waals surface area contributed by atoms with Crippen molar-refractivity contribution in [3.63, 3.8) is 0 Å². The second-order valence-corrected chi connectivity index (χ2v) is 4.30. The molecule has 0 atom stereocenters. The van der Waals surface area contributed by atoms with Crippen LogP contribution in [-0.2, 0) is 10.9 Å². The zero-order chi connectivity index (χ0) is 17.0. The molecule has 0 saturated carbocycles. The summed E-state index contributed by atoms with van der Waals surface area (Å²) in [6.07, 6.45) is 1.18. The summed E-state index contributed by atoms with van der Waals surface area (Å²) in [5.74, 6) is 0.910. The van der Waals surface area contributed by atoms with E-state index in [0.717, 1.165) is 13.3 Å². The number of ether oxygens (including phenoxy) is 1. The van der Waals surface area contributed by atoms with Crippen LogP contribution >= 0.6 is 0 Å². The van der Waals surface area contributed by atoms with Gasteiger partial charge in [0.25, 0.3) is 0 Å². The summed E-state index contributed by atoms with van der Waals surface area (Å²) in [5.41, 5.74) is -1.19. The van der Waals surface area contributed by atoms with E-state index in [0.29, 0.717) is 11.3 Å². The highest BCUT2D eigenvalue weighted by molar-refractivity contribution is 5.90. The van der Waals surface area contributed by atoms with Crippen molar-refractivity contribution in [2.45, 2.75) is 6.18 Å². The van der Waals surface area contributed by atoms with Crippen LogP contribution in [0.4, 0.5) is 24.8 Å². The molecule has 2 aromatic rings. The summed E-state index contributed by atoms with van der Waals surface area (Å²) in [6.45, 7) is 0. The number of rotatable bonds is 3. The van der Waals surface area contributed by atoms with Gasteiger partial charge in [-0.25, -0.2) is 14.8 Å². The monoisotopic (exact) mass is 321 g/mol. The van der Waals surface area contributed by atoms with Gasteiger partial charge in [0, 0.05) is 17.4 Å². The Kier molecular flexibility index (Phi) is 4.50. The van der Waals surface area contributed by atoms with Gasteiger partial charge in [0.05, 0.1) is 7.11 Å². The van der Waals surface area contributed by atoms with E-state index in [1.54, 1.807) is 24.3 Å². The summed E-state index contributed by atoms with van der Waals surface area (Å²) in [5, 5.41) is 2.61. The fourth-order valence-corrected chi connectivity index (χ4v) is 1.73. The number of terminal acetylenes is 1. The number of alkyl halides is 3. The van der Waals surface area contributed by atoms with Crippen LogP contribution in [0.5, 0.6) is 0 Å². The molecular weight excluding hydrogens is 311 g/mol. The predicted molar refractivity (Wildman–Crippen MR) is 76.0 cm³/mol. The lowest BCUT2D eigenvalue weighted by molar-refractivity contribution is -0.141. The molecule has 0 radical (unpaired) electrons. The molecule has 0 amide bonds. The molecule has 0 saturated heterocycles. The maximum atomic E-state index is 13.0. The third-order valence-corrected chi connectivity index (χ3v) is 2.75. The van der Waals surface area contributed by atoms with E-state index in [4.69, 9.17) is 6.42 Å². The SMILES string of the molecule is C#Cc1cccc(Nc2ncc(C(=O)OC)c(C(F)(F)F)n2)c1. The number of aromatic nitrogens is 2. The second kappa shape index (κ2) is 6.36. The molecule has 0 spiro atoms. The zero-order valence-corrected chi connectivity index (χ0v) is 11.8. The van der Waals surface area contributed by atoms with Crippen molar-refractivity contribution in [1.29, 1.82) is 0 Å². The topological polar surface area (TPSA) is 64.1 Å². The van der Waals surface area contributed by atoms with Crippen LogP contribution in [0, 0.1) is 12.3 Å². The number of methoxy groups -OCH3 is 1.